The smallest absolute Gasteiger partial charge is 0.223 e. The molecular weight excluding hydrogens is 265 g/mol. The Balaban J connectivity index is 2.58. The molecule has 2 N–H and O–H groups in total. The molecule has 82 valence electrons. The fourth-order valence-corrected chi connectivity index (χ4v) is 1.23. The van der Waals surface area contributed by atoms with Crippen LogP contribution in [0, 0.1) is 11.7 Å². The molecule has 0 bridgehead atoms. The SMILES string of the molecule is CC(COc1ccc(F)c(Br)c1)C(N)=O. The van der Waals surface area contributed by atoms with Gasteiger partial charge in [-0.05, 0) is 34.1 Å². The van der Waals surface area contributed by atoms with Gasteiger partial charge in [-0.15, -0.1) is 0 Å². The number of rotatable bonds is 4. The van der Waals surface area contributed by atoms with Crippen LogP contribution in [-0.2, 0) is 4.79 Å². The zero-order chi connectivity index (χ0) is 11.4. The van der Waals surface area contributed by atoms with E-state index in [0.29, 0.717) is 10.2 Å². The monoisotopic (exact) mass is 275 g/mol. The van der Waals surface area contributed by atoms with Crippen molar-refractivity contribution in [2.24, 2.45) is 11.7 Å². The Hall–Kier alpha value is -1.10. The number of hydrogen-bond acceptors (Lipinski definition) is 2. The van der Waals surface area contributed by atoms with Crippen LogP contribution in [0.5, 0.6) is 5.75 Å². The molecule has 0 saturated carbocycles. The first-order chi connectivity index (χ1) is 7.00. The summed E-state index contributed by atoms with van der Waals surface area (Å²) in [5, 5.41) is 0. The first-order valence-corrected chi connectivity index (χ1v) is 5.17. The summed E-state index contributed by atoms with van der Waals surface area (Å²) in [4.78, 5) is 10.7. The number of halogens is 2. The van der Waals surface area contributed by atoms with Crippen LogP contribution in [0.2, 0.25) is 0 Å². The third-order valence-corrected chi connectivity index (χ3v) is 2.48. The molecule has 1 aromatic rings. The fourth-order valence-electron chi connectivity index (χ4n) is 0.870. The molecule has 0 saturated heterocycles. The predicted molar refractivity (Wildman–Crippen MR) is 58.0 cm³/mol. The summed E-state index contributed by atoms with van der Waals surface area (Å²) in [6, 6.07) is 4.28. The van der Waals surface area contributed by atoms with Crippen LogP contribution in [0.1, 0.15) is 6.92 Å². The van der Waals surface area contributed by atoms with Gasteiger partial charge in [0.15, 0.2) is 0 Å². The van der Waals surface area contributed by atoms with Gasteiger partial charge in [-0.25, -0.2) is 4.39 Å². The van der Waals surface area contributed by atoms with Gasteiger partial charge in [-0.2, -0.15) is 0 Å². The summed E-state index contributed by atoms with van der Waals surface area (Å²) in [6.07, 6.45) is 0. The molecule has 0 aromatic heterocycles. The van der Waals surface area contributed by atoms with Crippen molar-refractivity contribution in [2.45, 2.75) is 6.92 Å². The van der Waals surface area contributed by atoms with Gasteiger partial charge in [0, 0.05) is 0 Å². The van der Waals surface area contributed by atoms with Crippen LogP contribution < -0.4 is 10.5 Å². The molecule has 1 unspecified atom stereocenters. The molecule has 1 atom stereocenters. The maximum atomic E-state index is 12.8. The van der Waals surface area contributed by atoms with E-state index in [0.717, 1.165) is 0 Å². The Bertz CT molecular complexity index is 370. The molecule has 0 radical (unpaired) electrons. The zero-order valence-electron chi connectivity index (χ0n) is 8.17. The third-order valence-electron chi connectivity index (χ3n) is 1.88. The van der Waals surface area contributed by atoms with Crippen LogP contribution >= 0.6 is 15.9 Å². The van der Waals surface area contributed by atoms with Crippen LogP contribution in [0.25, 0.3) is 0 Å². The lowest BCUT2D eigenvalue weighted by molar-refractivity contribution is -0.122. The minimum atomic E-state index is -0.420. The van der Waals surface area contributed by atoms with E-state index in [2.05, 4.69) is 15.9 Å². The Morgan fingerprint density at radius 1 is 1.67 bits per heavy atom. The van der Waals surface area contributed by atoms with Crippen molar-refractivity contribution < 1.29 is 13.9 Å². The van der Waals surface area contributed by atoms with Crippen LogP contribution in [0.4, 0.5) is 4.39 Å². The number of carbonyl (C=O) groups excluding carboxylic acids is 1. The van der Waals surface area contributed by atoms with E-state index in [1.54, 1.807) is 6.92 Å². The van der Waals surface area contributed by atoms with Gasteiger partial charge in [0.25, 0.3) is 0 Å². The average molecular weight is 276 g/mol. The summed E-state index contributed by atoms with van der Waals surface area (Å²) in [7, 11) is 0. The molecule has 0 heterocycles. The molecule has 1 amide bonds. The summed E-state index contributed by atoms with van der Waals surface area (Å²) in [5.74, 6) is -0.647. The number of ether oxygens (including phenoxy) is 1. The lowest BCUT2D eigenvalue weighted by Crippen LogP contribution is -2.25. The largest absolute Gasteiger partial charge is 0.493 e. The van der Waals surface area contributed by atoms with E-state index in [4.69, 9.17) is 10.5 Å². The number of hydrogen-bond donors (Lipinski definition) is 1. The van der Waals surface area contributed by atoms with Crippen molar-refractivity contribution >= 4 is 21.8 Å². The van der Waals surface area contributed by atoms with E-state index in [1.165, 1.54) is 18.2 Å². The van der Waals surface area contributed by atoms with Gasteiger partial charge in [0.1, 0.15) is 11.6 Å². The second kappa shape index (κ2) is 5.11. The molecule has 1 aromatic carbocycles. The first-order valence-electron chi connectivity index (χ1n) is 4.38. The van der Waals surface area contributed by atoms with Gasteiger partial charge in [-0.3, -0.25) is 4.79 Å². The first kappa shape index (κ1) is 12.0. The van der Waals surface area contributed by atoms with Crippen molar-refractivity contribution in [1.29, 1.82) is 0 Å². The Morgan fingerprint density at radius 2 is 2.33 bits per heavy atom. The molecule has 15 heavy (non-hydrogen) atoms. The molecular formula is C10H11BrFNO2. The molecule has 0 aliphatic heterocycles. The number of carbonyl (C=O) groups is 1. The van der Waals surface area contributed by atoms with Crippen LogP contribution in [0.3, 0.4) is 0 Å². The van der Waals surface area contributed by atoms with Crippen molar-refractivity contribution in [3.63, 3.8) is 0 Å². The highest BCUT2D eigenvalue weighted by molar-refractivity contribution is 9.10. The summed E-state index contributed by atoms with van der Waals surface area (Å²) >= 11 is 3.04. The van der Waals surface area contributed by atoms with E-state index in [-0.39, 0.29) is 18.3 Å². The van der Waals surface area contributed by atoms with Crippen molar-refractivity contribution in [2.75, 3.05) is 6.61 Å². The predicted octanol–water partition coefficient (Wildman–Crippen LogP) is 2.09. The van der Waals surface area contributed by atoms with Crippen molar-refractivity contribution in [1.82, 2.24) is 0 Å². The normalized spacial score (nSPS) is 12.2. The van der Waals surface area contributed by atoms with E-state index >= 15 is 0 Å². The molecule has 0 aliphatic carbocycles. The number of amides is 1. The second-order valence-corrected chi connectivity index (χ2v) is 4.04. The summed E-state index contributed by atoms with van der Waals surface area (Å²) in [6.45, 7) is 1.86. The van der Waals surface area contributed by atoms with Gasteiger partial charge >= 0.3 is 0 Å². The number of primary amides is 1. The standard InChI is InChI=1S/C10H11BrFNO2/c1-6(10(13)14)5-15-7-2-3-9(12)8(11)4-7/h2-4,6H,5H2,1H3,(H2,13,14). The van der Waals surface area contributed by atoms with E-state index in [9.17, 15) is 9.18 Å². The fraction of sp³-hybridized carbons (Fsp3) is 0.300. The van der Waals surface area contributed by atoms with Gasteiger partial charge in [0.05, 0.1) is 17.0 Å². The Morgan fingerprint density at radius 3 is 2.87 bits per heavy atom. The minimum Gasteiger partial charge on any atom is -0.493 e. The Kier molecular flexibility index (Phi) is 4.08. The quantitative estimate of drug-likeness (QED) is 0.915. The highest BCUT2D eigenvalue weighted by Gasteiger charge is 2.09. The van der Waals surface area contributed by atoms with Crippen molar-refractivity contribution in [3.8, 4) is 5.75 Å². The van der Waals surface area contributed by atoms with Crippen LogP contribution in [-0.4, -0.2) is 12.5 Å². The highest BCUT2D eigenvalue weighted by Crippen LogP contribution is 2.21. The zero-order valence-corrected chi connectivity index (χ0v) is 9.75. The maximum absolute atomic E-state index is 12.8. The maximum Gasteiger partial charge on any atom is 0.223 e. The molecule has 3 nitrogen and oxygen atoms in total. The van der Waals surface area contributed by atoms with Crippen LogP contribution in [0.15, 0.2) is 22.7 Å². The summed E-state index contributed by atoms with van der Waals surface area (Å²) < 4.78 is 18.4. The highest BCUT2D eigenvalue weighted by atomic mass is 79.9. The number of nitrogens with two attached hydrogens (primary N) is 1. The summed E-state index contributed by atoms with van der Waals surface area (Å²) in [5.41, 5.74) is 5.07. The lowest BCUT2D eigenvalue weighted by atomic mass is 10.2. The van der Waals surface area contributed by atoms with Gasteiger partial charge < -0.3 is 10.5 Å². The average Bonchev–Trinajstić information content (AvgIpc) is 2.19. The topological polar surface area (TPSA) is 52.3 Å². The lowest BCUT2D eigenvalue weighted by Gasteiger charge is -2.10. The molecule has 5 heteroatoms. The van der Waals surface area contributed by atoms with Gasteiger partial charge in [0.2, 0.25) is 5.91 Å². The molecule has 0 fully saturated rings. The number of benzene rings is 1. The third kappa shape index (κ3) is 3.51. The van der Waals surface area contributed by atoms with E-state index < -0.39 is 5.91 Å². The van der Waals surface area contributed by atoms with E-state index in [1.807, 2.05) is 0 Å². The second-order valence-electron chi connectivity index (χ2n) is 3.19. The molecule has 0 spiro atoms. The Labute approximate surface area is 95.5 Å². The van der Waals surface area contributed by atoms with Gasteiger partial charge in [-0.1, -0.05) is 6.92 Å². The molecule has 0 aliphatic rings. The molecule has 1 rings (SSSR count). The van der Waals surface area contributed by atoms with Crippen molar-refractivity contribution in [3.05, 3.63) is 28.5 Å². The minimum absolute atomic E-state index is 0.188.